The summed E-state index contributed by atoms with van der Waals surface area (Å²) in [5, 5.41) is 2.90. The second-order valence-corrected chi connectivity index (χ2v) is 5.57. The van der Waals surface area contributed by atoms with Crippen molar-refractivity contribution < 1.29 is 14.0 Å². The van der Waals surface area contributed by atoms with Gasteiger partial charge in [0.05, 0.1) is 5.56 Å². The van der Waals surface area contributed by atoms with Gasteiger partial charge in [0, 0.05) is 22.5 Å². The summed E-state index contributed by atoms with van der Waals surface area (Å²) in [5.74, 6) is -0.283. The predicted molar refractivity (Wildman–Crippen MR) is 73.8 cm³/mol. The Kier molecular flexibility index (Phi) is 4.31. The van der Waals surface area contributed by atoms with Crippen LogP contribution in [0, 0.1) is 9.39 Å². The largest absolute Gasteiger partial charge is 0.349 e. The molecule has 18 heavy (non-hydrogen) atoms. The summed E-state index contributed by atoms with van der Waals surface area (Å²) in [6.07, 6.45) is 2.46. The minimum Gasteiger partial charge on any atom is -0.349 e. The van der Waals surface area contributed by atoms with Crippen LogP contribution in [0.2, 0.25) is 0 Å². The van der Waals surface area contributed by atoms with E-state index in [1.807, 2.05) is 22.6 Å². The van der Waals surface area contributed by atoms with Crippen LogP contribution in [0.4, 0.5) is 4.39 Å². The van der Waals surface area contributed by atoms with Crippen molar-refractivity contribution in [1.82, 2.24) is 5.32 Å². The van der Waals surface area contributed by atoms with Gasteiger partial charge in [-0.1, -0.05) is 0 Å². The standard InChI is InChI=1S/C13H13FINO2/c14-8-1-6-11(12(15)7-8)13(18)16-9-2-4-10(17)5-3-9/h1,6-7,9H,2-5H2,(H,16,18). The third kappa shape index (κ3) is 3.28. The monoisotopic (exact) mass is 361 g/mol. The molecule has 1 fully saturated rings. The van der Waals surface area contributed by atoms with E-state index in [2.05, 4.69) is 5.32 Å². The molecule has 2 rings (SSSR count). The molecule has 1 aliphatic rings. The lowest BCUT2D eigenvalue weighted by molar-refractivity contribution is -0.120. The van der Waals surface area contributed by atoms with Crippen molar-refractivity contribution in [3.63, 3.8) is 0 Å². The number of hydrogen-bond donors (Lipinski definition) is 1. The fourth-order valence-corrected chi connectivity index (χ4v) is 2.74. The van der Waals surface area contributed by atoms with Crippen LogP contribution in [0.5, 0.6) is 0 Å². The fraction of sp³-hybridized carbons (Fsp3) is 0.385. The number of nitrogens with one attached hydrogen (secondary N) is 1. The Labute approximate surface area is 118 Å². The molecule has 0 aliphatic heterocycles. The van der Waals surface area contributed by atoms with Crippen LogP contribution >= 0.6 is 22.6 Å². The molecule has 3 nitrogen and oxygen atoms in total. The van der Waals surface area contributed by atoms with Crippen LogP contribution in [-0.4, -0.2) is 17.7 Å². The van der Waals surface area contributed by atoms with Crippen molar-refractivity contribution in [3.05, 3.63) is 33.1 Å². The van der Waals surface area contributed by atoms with Crippen molar-refractivity contribution in [2.75, 3.05) is 0 Å². The molecule has 0 unspecified atom stereocenters. The average Bonchev–Trinajstić information content (AvgIpc) is 2.32. The van der Waals surface area contributed by atoms with Gasteiger partial charge in [-0.25, -0.2) is 4.39 Å². The first kappa shape index (κ1) is 13.5. The smallest absolute Gasteiger partial charge is 0.252 e. The lowest BCUT2D eigenvalue weighted by Crippen LogP contribution is -2.38. The van der Waals surface area contributed by atoms with E-state index in [1.54, 1.807) is 0 Å². The Hall–Kier alpha value is -0.980. The minimum absolute atomic E-state index is 0.0519. The summed E-state index contributed by atoms with van der Waals surface area (Å²) < 4.78 is 13.5. The molecule has 1 aliphatic carbocycles. The zero-order valence-corrected chi connectivity index (χ0v) is 11.9. The van der Waals surface area contributed by atoms with E-state index in [9.17, 15) is 14.0 Å². The molecule has 0 spiro atoms. The van der Waals surface area contributed by atoms with Gasteiger partial charge in [0.2, 0.25) is 0 Å². The highest BCUT2D eigenvalue weighted by Crippen LogP contribution is 2.17. The van der Waals surface area contributed by atoms with Gasteiger partial charge in [-0.2, -0.15) is 0 Å². The number of carbonyl (C=O) groups excluding carboxylic acids is 2. The van der Waals surface area contributed by atoms with Crippen molar-refractivity contribution in [2.45, 2.75) is 31.7 Å². The molecule has 1 N–H and O–H groups in total. The number of Topliss-reactive ketones (excluding diaryl/α,β-unsaturated/α-hetero) is 1. The number of ketones is 1. The quantitative estimate of drug-likeness (QED) is 0.824. The highest BCUT2D eigenvalue weighted by Gasteiger charge is 2.21. The SMILES string of the molecule is O=C1CCC(NC(=O)c2ccc(F)cc2I)CC1. The minimum atomic E-state index is -0.348. The maximum atomic E-state index is 12.9. The zero-order valence-electron chi connectivity index (χ0n) is 9.71. The topological polar surface area (TPSA) is 46.2 Å². The fourth-order valence-electron chi connectivity index (χ4n) is 2.02. The van der Waals surface area contributed by atoms with Crippen molar-refractivity contribution in [1.29, 1.82) is 0 Å². The Balaban J connectivity index is 2.01. The van der Waals surface area contributed by atoms with Gasteiger partial charge in [0.1, 0.15) is 11.6 Å². The van der Waals surface area contributed by atoms with Crippen LogP contribution in [0.3, 0.4) is 0 Å². The normalized spacial score (nSPS) is 16.7. The molecule has 1 amide bonds. The summed E-state index contributed by atoms with van der Waals surface area (Å²) in [5.41, 5.74) is 0.480. The maximum absolute atomic E-state index is 12.9. The highest BCUT2D eigenvalue weighted by atomic mass is 127. The Morgan fingerprint density at radius 1 is 1.33 bits per heavy atom. The van der Waals surface area contributed by atoms with Gasteiger partial charge < -0.3 is 5.32 Å². The van der Waals surface area contributed by atoms with Gasteiger partial charge in [-0.3, -0.25) is 9.59 Å². The van der Waals surface area contributed by atoms with E-state index in [0.717, 1.165) is 0 Å². The third-order valence-electron chi connectivity index (χ3n) is 3.05. The molecule has 0 heterocycles. The first-order valence-electron chi connectivity index (χ1n) is 5.84. The molecule has 1 saturated carbocycles. The molecule has 96 valence electrons. The lowest BCUT2D eigenvalue weighted by atomic mass is 9.94. The number of benzene rings is 1. The summed E-state index contributed by atoms with van der Waals surface area (Å²) in [7, 11) is 0. The van der Waals surface area contributed by atoms with Gasteiger partial charge in [-0.15, -0.1) is 0 Å². The average molecular weight is 361 g/mol. The first-order valence-corrected chi connectivity index (χ1v) is 6.92. The second-order valence-electron chi connectivity index (χ2n) is 4.41. The second kappa shape index (κ2) is 5.77. The van der Waals surface area contributed by atoms with Gasteiger partial charge in [0.15, 0.2) is 0 Å². The van der Waals surface area contributed by atoms with Crippen LogP contribution < -0.4 is 5.32 Å². The lowest BCUT2D eigenvalue weighted by Gasteiger charge is -2.22. The third-order valence-corrected chi connectivity index (χ3v) is 3.95. The summed E-state index contributed by atoms with van der Waals surface area (Å²) >= 11 is 1.94. The van der Waals surface area contributed by atoms with E-state index >= 15 is 0 Å². The Morgan fingerprint density at radius 2 is 2.00 bits per heavy atom. The van der Waals surface area contributed by atoms with E-state index in [-0.39, 0.29) is 23.5 Å². The van der Waals surface area contributed by atoms with Gasteiger partial charge >= 0.3 is 0 Å². The number of hydrogen-bond acceptors (Lipinski definition) is 2. The summed E-state index contributed by atoms with van der Waals surface area (Å²) in [6, 6.07) is 4.15. The number of halogens is 2. The first-order chi connectivity index (χ1) is 8.56. The number of rotatable bonds is 2. The number of carbonyl (C=O) groups is 2. The maximum Gasteiger partial charge on any atom is 0.252 e. The zero-order chi connectivity index (χ0) is 13.1. The molecule has 0 aromatic heterocycles. The van der Waals surface area contributed by atoms with Gasteiger partial charge in [0.25, 0.3) is 5.91 Å². The summed E-state index contributed by atoms with van der Waals surface area (Å²) in [4.78, 5) is 23.1. The van der Waals surface area contributed by atoms with Crippen LogP contribution in [0.25, 0.3) is 0 Å². The van der Waals surface area contributed by atoms with Crippen molar-refractivity contribution in [2.24, 2.45) is 0 Å². The molecule has 5 heteroatoms. The van der Waals surface area contributed by atoms with Gasteiger partial charge in [-0.05, 0) is 53.6 Å². The summed E-state index contributed by atoms with van der Waals surface area (Å²) in [6.45, 7) is 0. The van der Waals surface area contributed by atoms with E-state index < -0.39 is 0 Å². The molecule has 0 saturated heterocycles. The molecular weight excluding hydrogens is 348 g/mol. The highest BCUT2D eigenvalue weighted by molar-refractivity contribution is 14.1. The van der Waals surface area contributed by atoms with E-state index in [0.29, 0.717) is 34.8 Å². The predicted octanol–water partition coefficient (Wildman–Crippen LogP) is 2.67. The van der Waals surface area contributed by atoms with Crippen LogP contribution in [-0.2, 0) is 4.79 Å². The molecule has 0 atom stereocenters. The van der Waals surface area contributed by atoms with Crippen LogP contribution in [0.15, 0.2) is 18.2 Å². The molecular formula is C13H13FINO2. The Morgan fingerprint density at radius 3 is 2.61 bits per heavy atom. The van der Waals surface area contributed by atoms with E-state index in [4.69, 9.17) is 0 Å². The number of amides is 1. The van der Waals surface area contributed by atoms with Crippen molar-refractivity contribution in [3.8, 4) is 0 Å². The Bertz CT molecular complexity index is 480. The van der Waals surface area contributed by atoms with Crippen LogP contribution in [0.1, 0.15) is 36.0 Å². The molecule has 1 aromatic rings. The van der Waals surface area contributed by atoms with Crippen molar-refractivity contribution >= 4 is 34.3 Å². The molecule has 0 radical (unpaired) electrons. The van der Waals surface area contributed by atoms with E-state index in [1.165, 1.54) is 18.2 Å². The molecule has 1 aromatic carbocycles. The molecule has 0 bridgehead atoms.